The van der Waals surface area contributed by atoms with Gasteiger partial charge in [-0.1, -0.05) is 6.92 Å². The molecule has 1 N–H and O–H groups in total. The predicted octanol–water partition coefficient (Wildman–Crippen LogP) is 1.90. The first-order chi connectivity index (χ1) is 10.9. The Morgan fingerprint density at radius 2 is 2.18 bits per heavy atom. The minimum absolute atomic E-state index is 0.635. The molecule has 0 saturated carbocycles. The molecule has 0 spiro atoms. The molecule has 0 radical (unpaired) electrons. The van der Waals surface area contributed by atoms with Gasteiger partial charge in [-0.05, 0) is 51.6 Å². The van der Waals surface area contributed by atoms with Gasteiger partial charge in [-0.15, -0.1) is 0 Å². The fourth-order valence-electron chi connectivity index (χ4n) is 3.92. The summed E-state index contributed by atoms with van der Waals surface area (Å²) in [5.74, 6) is 1.85. The monoisotopic (exact) mass is 300 g/mol. The summed E-state index contributed by atoms with van der Waals surface area (Å²) in [5, 5.41) is 8.07. The minimum atomic E-state index is 0.635. The highest BCUT2D eigenvalue weighted by Crippen LogP contribution is 2.27. The minimum Gasteiger partial charge on any atom is -0.368 e. The summed E-state index contributed by atoms with van der Waals surface area (Å²) in [6, 6.07) is 0.635. The quantitative estimate of drug-likeness (QED) is 0.934. The fourth-order valence-corrected chi connectivity index (χ4v) is 3.92. The van der Waals surface area contributed by atoms with Crippen LogP contribution >= 0.6 is 0 Å². The Morgan fingerprint density at radius 3 is 3.09 bits per heavy atom. The standard InChI is InChI=1S/C16H24N6/c1-2-21-9-5-6-12(21)10-17-15-13-7-3-4-8-14(13)20-16-18-11-19-22(15)16/h11-12,17H,2-10H2,1H3. The molecule has 0 amide bonds. The Balaban J connectivity index is 1.63. The van der Waals surface area contributed by atoms with Crippen LogP contribution < -0.4 is 5.32 Å². The van der Waals surface area contributed by atoms with Gasteiger partial charge in [0.2, 0.25) is 0 Å². The van der Waals surface area contributed by atoms with E-state index in [0.717, 1.165) is 37.5 Å². The number of hydrogen-bond acceptors (Lipinski definition) is 5. The van der Waals surface area contributed by atoms with Crippen LogP contribution in [0.2, 0.25) is 0 Å². The van der Waals surface area contributed by atoms with Gasteiger partial charge in [0, 0.05) is 18.2 Å². The Morgan fingerprint density at radius 1 is 1.27 bits per heavy atom. The van der Waals surface area contributed by atoms with Crippen LogP contribution in [0.15, 0.2) is 6.33 Å². The van der Waals surface area contributed by atoms with Gasteiger partial charge >= 0.3 is 0 Å². The average Bonchev–Trinajstić information content (AvgIpc) is 3.19. The molecule has 1 aliphatic heterocycles. The van der Waals surface area contributed by atoms with Crippen molar-refractivity contribution < 1.29 is 0 Å². The molecule has 6 heteroatoms. The largest absolute Gasteiger partial charge is 0.368 e. The Kier molecular flexibility index (Phi) is 3.70. The second kappa shape index (κ2) is 5.83. The maximum atomic E-state index is 4.69. The van der Waals surface area contributed by atoms with Crippen molar-refractivity contribution >= 4 is 11.6 Å². The number of fused-ring (bicyclic) bond motifs is 2. The van der Waals surface area contributed by atoms with E-state index in [1.165, 1.54) is 43.5 Å². The third kappa shape index (κ3) is 2.35. The van der Waals surface area contributed by atoms with Crippen molar-refractivity contribution in [1.82, 2.24) is 24.5 Å². The summed E-state index contributed by atoms with van der Waals surface area (Å²) in [6.07, 6.45) is 8.85. The Bertz CT molecular complexity index is 664. The third-order valence-corrected chi connectivity index (χ3v) is 5.11. The molecule has 6 nitrogen and oxygen atoms in total. The SMILES string of the molecule is CCN1CCCC1CNc1c2c(nc3ncnn13)CCCC2. The summed E-state index contributed by atoms with van der Waals surface area (Å²) >= 11 is 0. The lowest BCUT2D eigenvalue weighted by Gasteiger charge is -2.25. The lowest BCUT2D eigenvalue weighted by molar-refractivity contribution is 0.277. The van der Waals surface area contributed by atoms with E-state index in [-0.39, 0.29) is 0 Å². The molecule has 1 unspecified atom stereocenters. The summed E-state index contributed by atoms with van der Waals surface area (Å²) in [5.41, 5.74) is 2.57. The molecule has 2 aromatic rings. The smallest absolute Gasteiger partial charge is 0.254 e. The highest BCUT2D eigenvalue weighted by molar-refractivity contribution is 5.53. The second-order valence-electron chi connectivity index (χ2n) is 6.37. The van der Waals surface area contributed by atoms with Crippen molar-refractivity contribution in [3.05, 3.63) is 17.6 Å². The Labute approximate surface area is 130 Å². The molecule has 2 aromatic heterocycles. The van der Waals surface area contributed by atoms with Crippen LogP contribution in [0.25, 0.3) is 5.78 Å². The van der Waals surface area contributed by atoms with Crippen LogP contribution in [0.5, 0.6) is 0 Å². The maximum absolute atomic E-state index is 4.69. The highest BCUT2D eigenvalue weighted by atomic mass is 15.4. The zero-order chi connectivity index (χ0) is 14.9. The van der Waals surface area contributed by atoms with Gasteiger partial charge in [-0.25, -0.2) is 4.98 Å². The van der Waals surface area contributed by atoms with Crippen molar-refractivity contribution in [2.45, 2.75) is 51.5 Å². The molecule has 1 fully saturated rings. The number of nitrogens with zero attached hydrogens (tertiary/aromatic N) is 5. The normalized spacial score (nSPS) is 22.1. The van der Waals surface area contributed by atoms with Crippen molar-refractivity contribution in [2.75, 3.05) is 25.0 Å². The summed E-state index contributed by atoms with van der Waals surface area (Å²) < 4.78 is 1.88. The van der Waals surface area contributed by atoms with Crippen LogP contribution in [0, 0.1) is 0 Å². The number of likely N-dealkylation sites (tertiary alicyclic amines) is 1. The number of anilines is 1. The molecule has 1 atom stereocenters. The number of rotatable bonds is 4. The van der Waals surface area contributed by atoms with Gasteiger partial charge in [0.05, 0.1) is 5.69 Å². The van der Waals surface area contributed by atoms with Crippen molar-refractivity contribution in [3.63, 3.8) is 0 Å². The van der Waals surface area contributed by atoms with Gasteiger partial charge in [0.15, 0.2) is 0 Å². The second-order valence-corrected chi connectivity index (χ2v) is 6.37. The first-order valence-electron chi connectivity index (χ1n) is 8.56. The molecule has 118 valence electrons. The first kappa shape index (κ1) is 13.9. The lowest BCUT2D eigenvalue weighted by Crippen LogP contribution is -2.35. The first-order valence-corrected chi connectivity index (χ1v) is 8.56. The molecule has 0 bridgehead atoms. The van der Waals surface area contributed by atoms with E-state index in [4.69, 9.17) is 0 Å². The number of likely N-dealkylation sites (N-methyl/N-ethyl adjacent to an activating group) is 1. The van der Waals surface area contributed by atoms with E-state index in [1.807, 2.05) is 4.52 Å². The van der Waals surface area contributed by atoms with Gasteiger partial charge in [-0.3, -0.25) is 4.90 Å². The van der Waals surface area contributed by atoms with Gasteiger partial charge in [-0.2, -0.15) is 14.6 Å². The zero-order valence-corrected chi connectivity index (χ0v) is 13.3. The van der Waals surface area contributed by atoms with Gasteiger partial charge < -0.3 is 5.32 Å². The Hall–Kier alpha value is -1.69. The fraction of sp³-hybridized carbons (Fsp3) is 0.688. The molecule has 1 aliphatic carbocycles. The van der Waals surface area contributed by atoms with Crippen molar-refractivity contribution in [2.24, 2.45) is 0 Å². The van der Waals surface area contributed by atoms with Crippen LogP contribution in [0.1, 0.15) is 43.9 Å². The molecule has 1 saturated heterocycles. The maximum Gasteiger partial charge on any atom is 0.254 e. The number of aromatic nitrogens is 4. The molecular formula is C16H24N6. The van der Waals surface area contributed by atoms with Crippen LogP contribution in [0.4, 0.5) is 5.82 Å². The summed E-state index contributed by atoms with van der Waals surface area (Å²) in [7, 11) is 0. The summed E-state index contributed by atoms with van der Waals surface area (Å²) in [4.78, 5) is 11.5. The molecule has 0 aromatic carbocycles. The van der Waals surface area contributed by atoms with E-state index in [0.29, 0.717) is 6.04 Å². The summed E-state index contributed by atoms with van der Waals surface area (Å²) in [6.45, 7) is 5.61. The van der Waals surface area contributed by atoms with E-state index >= 15 is 0 Å². The topological polar surface area (TPSA) is 58.3 Å². The number of nitrogens with one attached hydrogen (secondary N) is 1. The number of aryl methyl sites for hydroxylation is 1. The van der Waals surface area contributed by atoms with Gasteiger partial charge in [0.25, 0.3) is 5.78 Å². The van der Waals surface area contributed by atoms with Crippen LogP contribution in [0.3, 0.4) is 0 Å². The molecular weight excluding hydrogens is 276 g/mol. The van der Waals surface area contributed by atoms with Crippen LogP contribution in [-0.4, -0.2) is 50.2 Å². The molecule has 22 heavy (non-hydrogen) atoms. The lowest BCUT2D eigenvalue weighted by atomic mass is 9.96. The van der Waals surface area contributed by atoms with Crippen molar-refractivity contribution in [1.29, 1.82) is 0 Å². The average molecular weight is 300 g/mol. The van der Waals surface area contributed by atoms with E-state index in [9.17, 15) is 0 Å². The number of hydrogen-bond donors (Lipinski definition) is 1. The highest BCUT2D eigenvalue weighted by Gasteiger charge is 2.24. The van der Waals surface area contributed by atoms with Crippen LogP contribution in [-0.2, 0) is 12.8 Å². The third-order valence-electron chi connectivity index (χ3n) is 5.11. The zero-order valence-electron chi connectivity index (χ0n) is 13.3. The van der Waals surface area contributed by atoms with E-state index < -0.39 is 0 Å². The molecule has 3 heterocycles. The van der Waals surface area contributed by atoms with Gasteiger partial charge in [0.1, 0.15) is 12.1 Å². The molecule has 2 aliphatic rings. The van der Waals surface area contributed by atoms with E-state index in [1.54, 1.807) is 6.33 Å². The predicted molar refractivity (Wildman–Crippen MR) is 86.2 cm³/mol. The van der Waals surface area contributed by atoms with E-state index in [2.05, 4.69) is 32.2 Å². The van der Waals surface area contributed by atoms with Crippen molar-refractivity contribution in [3.8, 4) is 0 Å². The molecule has 4 rings (SSSR count).